The summed E-state index contributed by atoms with van der Waals surface area (Å²) < 4.78 is 1.91. The van der Waals surface area contributed by atoms with Crippen molar-refractivity contribution in [2.75, 3.05) is 0 Å². The Morgan fingerprint density at radius 3 is 2.88 bits per heavy atom. The Morgan fingerprint density at radius 1 is 1.41 bits per heavy atom. The Labute approximate surface area is 106 Å². The smallest absolute Gasteiger partial charge is 0.160 e. The van der Waals surface area contributed by atoms with Crippen molar-refractivity contribution in [2.45, 2.75) is 6.92 Å². The highest BCUT2D eigenvalue weighted by Crippen LogP contribution is 2.36. The summed E-state index contributed by atoms with van der Waals surface area (Å²) in [6.07, 6.45) is 0.897. The predicted octanol–water partition coefficient (Wildman–Crippen LogP) is 3.48. The van der Waals surface area contributed by atoms with E-state index < -0.39 is 0 Å². The monoisotopic (exact) mass is 262 g/mol. The third kappa shape index (κ3) is 1.62. The minimum absolute atomic E-state index is 0.771. The van der Waals surface area contributed by atoms with Crippen LogP contribution in [-0.2, 0) is 7.05 Å². The van der Waals surface area contributed by atoms with E-state index in [0.29, 0.717) is 0 Å². The summed E-state index contributed by atoms with van der Waals surface area (Å²) in [5, 5.41) is 7.61. The van der Waals surface area contributed by atoms with Gasteiger partial charge in [0.1, 0.15) is 4.83 Å². The maximum Gasteiger partial charge on any atom is 0.160 e. The Hall–Kier alpha value is -1.46. The number of aldehydes is 1. The quantitative estimate of drug-likeness (QED) is 0.663. The molecule has 0 saturated carbocycles. The minimum Gasteiger partial charge on any atom is -0.297 e. The third-order valence-corrected chi connectivity index (χ3v) is 4.83. The van der Waals surface area contributed by atoms with Crippen LogP contribution in [0.1, 0.15) is 15.4 Å². The van der Waals surface area contributed by atoms with Crippen LogP contribution in [0.3, 0.4) is 0 Å². The number of aryl methyl sites for hydroxylation is 2. The van der Waals surface area contributed by atoms with Crippen LogP contribution in [0, 0.1) is 6.92 Å². The lowest BCUT2D eigenvalue weighted by Crippen LogP contribution is -1.87. The summed E-state index contributed by atoms with van der Waals surface area (Å²) in [7, 11) is 1.96. The zero-order valence-electron chi connectivity index (χ0n) is 9.43. The lowest BCUT2D eigenvalue weighted by molar-refractivity contribution is 0.112. The molecule has 0 aliphatic heterocycles. The van der Waals surface area contributed by atoms with E-state index in [9.17, 15) is 4.79 Å². The molecule has 86 valence electrons. The summed E-state index contributed by atoms with van der Waals surface area (Å²) in [4.78, 5) is 13.8. The molecule has 0 spiro atoms. The third-order valence-electron chi connectivity index (χ3n) is 2.72. The molecule has 0 atom stereocenters. The van der Waals surface area contributed by atoms with Crippen molar-refractivity contribution in [1.29, 1.82) is 0 Å². The average Bonchev–Trinajstić information content (AvgIpc) is 2.98. The molecule has 0 aliphatic rings. The second-order valence-corrected chi connectivity index (χ2v) is 5.87. The van der Waals surface area contributed by atoms with Gasteiger partial charge in [0.15, 0.2) is 6.29 Å². The summed E-state index contributed by atoms with van der Waals surface area (Å²) >= 11 is 3.19. The van der Waals surface area contributed by atoms with E-state index >= 15 is 0 Å². The highest BCUT2D eigenvalue weighted by Gasteiger charge is 2.12. The van der Waals surface area contributed by atoms with Crippen LogP contribution in [0.25, 0.3) is 20.7 Å². The molecule has 3 aromatic rings. The van der Waals surface area contributed by atoms with Crippen molar-refractivity contribution in [3.05, 3.63) is 28.1 Å². The van der Waals surface area contributed by atoms with Crippen molar-refractivity contribution in [2.24, 2.45) is 7.05 Å². The number of fused-ring (bicyclic) bond motifs is 1. The molecule has 0 radical (unpaired) electrons. The van der Waals surface area contributed by atoms with Gasteiger partial charge in [0, 0.05) is 28.3 Å². The molecule has 3 heterocycles. The largest absolute Gasteiger partial charge is 0.297 e. The molecule has 0 amide bonds. The van der Waals surface area contributed by atoms with E-state index in [1.807, 2.05) is 30.1 Å². The van der Waals surface area contributed by atoms with Gasteiger partial charge in [-0.05, 0) is 19.1 Å². The van der Waals surface area contributed by atoms with E-state index in [-0.39, 0.29) is 0 Å². The standard InChI is InChI=1S/C12H10N2OS2/c1-7-10-4-11(17-12(10)14(2)13-7)8-3-9(5-15)16-6-8/h3-6H,1-2H3. The molecule has 0 bridgehead atoms. The van der Waals surface area contributed by atoms with Crippen LogP contribution in [-0.4, -0.2) is 16.1 Å². The van der Waals surface area contributed by atoms with E-state index in [4.69, 9.17) is 0 Å². The van der Waals surface area contributed by atoms with Crippen LogP contribution >= 0.6 is 22.7 Å². The molecule has 3 nitrogen and oxygen atoms in total. The van der Waals surface area contributed by atoms with Gasteiger partial charge in [-0.1, -0.05) is 0 Å². The van der Waals surface area contributed by atoms with E-state index in [0.717, 1.165) is 22.4 Å². The number of hydrogen-bond acceptors (Lipinski definition) is 4. The summed E-state index contributed by atoms with van der Waals surface area (Å²) in [6.45, 7) is 2.02. The van der Waals surface area contributed by atoms with Gasteiger partial charge in [0.05, 0.1) is 10.6 Å². The molecule has 0 aliphatic carbocycles. The zero-order valence-corrected chi connectivity index (χ0v) is 11.1. The number of nitrogens with zero attached hydrogens (tertiary/aromatic N) is 2. The number of rotatable bonds is 2. The fourth-order valence-corrected chi connectivity index (χ4v) is 3.78. The molecule has 3 rings (SSSR count). The Balaban J connectivity index is 2.17. The van der Waals surface area contributed by atoms with Crippen LogP contribution in [0.2, 0.25) is 0 Å². The maximum atomic E-state index is 10.7. The highest BCUT2D eigenvalue weighted by atomic mass is 32.1. The van der Waals surface area contributed by atoms with Gasteiger partial charge >= 0.3 is 0 Å². The normalized spacial score (nSPS) is 11.2. The lowest BCUT2D eigenvalue weighted by atomic mass is 10.2. The van der Waals surface area contributed by atoms with Gasteiger partial charge in [-0.2, -0.15) is 5.10 Å². The van der Waals surface area contributed by atoms with Gasteiger partial charge in [-0.3, -0.25) is 9.48 Å². The van der Waals surface area contributed by atoms with Crippen LogP contribution < -0.4 is 0 Å². The van der Waals surface area contributed by atoms with Gasteiger partial charge in [-0.25, -0.2) is 0 Å². The Bertz CT molecular complexity index is 671. The first kappa shape index (κ1) is 10.7. The first-order chi connectivity index (χ1) is 8.19. The Morgan fingerprint density at radius 2 is 2.24 bits per heavy atom. The van der Waals surface area contributed by atoms with E-state index in [1.54, 1.807) is 11.3 Å². The molecular formula is C12H10N2OS2. The van der Waals surface area contributed by atoms with Crippen molar-refractivity contribution in [3.63, 3.8) is 0 Å². The fourth-order valence-electron chi connectivity index (χ4n) is 1.89. The van der Waals surface area contributed by atoms with Gasteiger partial charge in [0.25, 0.3) is 0 Å². The first-order valence-corrected chi connectivity index (χ1v) is 6.86. The number of aromatic nitrogens is 2. The first-order valence-electron chi connectivity index (χ1n) is 5.16. The van der Waals surface area contributed by atoms with Crippen molar-refractivity contribution < 1.29 is 4.79 Å². The highest BCUT2D eigenvalue weighted by molar-refractivity contribution is 7.22. The van der Waals surface area contributed by atoms with Gasteiger partial charge < -0.3 is 0 Å². The summed E-state index contributed by atoms with van der Waals surface area (Å²) in [5.41, 5.74) is 2.17. The molecule has 0 fully saturated rings. The second kappa shape index (κ2) is 3.78. The molecular weight excluding hydrogens is 252 g/mol. The topological polar surface area (TPSA) is 34.9 Å². The van der Waals surface area contributed by atoms with Crippen molar-refractivity contribution in [3.8, 4) is 10.4 Å². The Kier molecular flexibility index (Phi) is 2.38. The second-order valence-electron chi connectivity index (χ2n) is 3.89. The molecule has 5 heteroatoms. The van der Waals surface area contributed by atoms with Crippen molar-refractivity contribution >= 4 is 39.2 Å². The van der Waals surface area contributed by atoms with Crippen LogP contribution in [0.15, 0.2) is 17.5 Å². The zero-order chi connectivity index (χ0) is 12.0. The van der Waals surface area contributed by atoms with Crippen molar-refractivity contribution in [1.82, 2.24) is 9.78 Å². The molecule has 0 aromatic carbocycles. The summed E-state index contributed by atoms with van der Waals surface area (Å²) in [5.74, 6) is 0. The number of carbonyl (C=O) groups is 1. The van der Waals surface area contributed by atoms with Crippen LogP contribution in [0.5, 0.6) is 0 Å². The average molecular weight is 262 g/mol. The predicted molar refractivity (Wildman–Crippen MR) is 72.0 cm³/mol. The lowest BCUT2D eigenvalue weighted by Gasteiger charge is -1.90. The van der Waals surface area contributed by atoms with Gasteiger partial charge in [-0.15, -0.1) is 22.7 Å². The van der Waals surface area contributed by atoms with E-state index in [2.05, 4.69) is 11.2 Å². The number of carbonyl (C=O) groups excluding carboxylic acids is 1. The molecule has 0 N–H and O–H groups in total. The molecule has 0 saturated heterocycles. The number of thiophene rings is 2. The molecule has 17 heavy (non-hydrogen) atoms. The maximum absolute atomic E-state index is 10.7. The minimum atomic E-state index is 0.771. The fraction of sp³-hybridized carbons (Fsp3) is 0.167. The SMILES string of the molecule is Cc1nn(C)c2sc(-c3csc(C=O)c3)cc12. The van der Waals surface area contributed by atoms with E-state index in [1.165, 1.54) is 26.4 Å². The number of hydrogen-bond donors (Lipinski definition) is 0. The van der Waals surface area contributed by atoms with Gasteiger partial charge in [0.2, 0.25) is 0 Å². The molecule has 3 aromatic heterocycles. The molecule has 0 unspecified atom stereocenters. The summed E-state index contributed by atoms with van der Waals surface area (Å²) in [6, 6.07) is 4.09. The van der Waals surface area contributed by atoms with Crippen LogP contribution in [0.4, 0.5) is 0 Å².